The highest BCUT2D eigenvalue weighted by molar-refractivity contribution is 5.84. The van der Waals surface area contributed by atoms with Gasteiger partial charge in [-0.05, 0) is 61.6 Å². The molecule has 0 bridgehead atoms. The number of rotatable bonds is 5. The van der Waals surface area contributed by atoms with Crippen LogP contribution in [0.15, 0.2) is 60.8 Å². The summed E-state index contributed by atoms with van der Waals surface area (Å²) in [4.78, 5) is 16.6. The van der Waals surface area contributed by atoms with Crippen molar-refractivity contribution in [3.63, 3.8) is 0 Å². The molecule has 3 aromatic rings. The highest BCUT2D eigenvalue weighted by Crippen LogP contribution is 2.39. The average molecular weight is 392 g/mol. The number of carbonyl (C=O) groups excluding carboxylic acids is 1. The zero-order chi connectivity index (χ0) is 20.3. The van der Waals surface area contributed by atoms with Gasteiger partial charge in [-0.3, -0.25) is 9.78 Å². The lowest BCUT2D eigenvalue weighted by Gasteiger charge is -2.41. The number of carbonyl (C=O) groups is 1. The summed E-state index contributed by atoms with van der Waals surface area (Å²) in [6.45, 7) is 1.84. The van der Waals surface area contributed by atoms with Crippen LogP contribution < -0.4 is 10.1 Å². The SMILES string of the molecule is CCC(=O)NC1(c2ccc(F)cc2)CCC(Oc2ccnc3ccccc23)CC1. The Hall–Kier alpha value is -2.95. The van der Waals surface area contributed by atoms with Crippen molar-refractivity contribution >= 4 is 16.8 Å². The fraction of sp³-hybridized carbons (Fsp3) is 0.333. The number of nitrogens with zero attached hydrogens (tertiary/aromatic N) is 1. The first-order chi connectivity index (χ1) is 14.1. The summed E-state index contributed by atoms with van der Waals surface area (Å²) in [5, 5.41) is 4.21. The lowest BCUT2D eigenvalue weighted by molar-refractivity contribution is -0.123. The Bertz CT molecular complexity index is 990. The van der Waals surface area contributed by atoms with Crippen molar-refractivity contribution in [3.8, 4) is 5.75 Å². The number of ether oxygens (including phenoxy) is 1. The molecule has 1 saturated carbocycles. The minimum absolute atomic E-state index is 0.00817. The number of halogens is 1. The van der Waals surface area contributed by atoms with Crippen LogP contribution in [0.5, 0.6) is 5.75 Å². The molecule has 2 aromatic carbocycles. The second kappa shape index (κ2) is 8.19. The lowest BCUT2D eigenvalue weighted by atomic mass is 9.75. The van der Waals surface area contributed by atoms with E-state index in [1.54, 1.807) is 18.3 Å². The maximum Gasteiger partial charge on any atom is 0.220 e. The standard InChI is InChI=1S/C24H25FN2O2/c1-2-23(28)27-24(17-7-9-18(25)10-8-17)14-11-19(12-15-24)29-22-13-16-26-21-6-4-3-5-20(21)22/h3-10,13,16,19H,2,11-12,14-15H2,1H3,(H,27,28). The molecule has 1 amide bonds. The second-order valence-electron chi connectivity index (χ2n) is 7.63. The normalized spacial score (nSPS) is 21.7. The Morgan fingerprint density at radius 3 is 2.59 bits per heavy atom. The van der Waals surface area contributed by atoms with E-state index in [2.05, 4.69) is 10.3 Å². The fourth-order valence-corrected chi connectivity index (χ4v) is 4.16. The molecule has 0 spiro atoms. The van der Waals surface area contributed by atoms with Crippen LogP contribution in [0.3, 0.4) is 0 Å². The van der Waals surface area contributed by atoms with Gasteiger partial charge in [-0.2, -0.15) is 0 Å². The number of aromatic nitrogens is 1. The van der Waals surface area contributed by atoms with Crippen LogP contribution in [0, 0.1) is 5.82 Å². The molecular formula is C24H25FN2O2. The van der Waals surface area contributed by atoms with Gasteiger partial charge in [0.1, 0.15) is 11.6 Å². The topological polar surface area (TPSA) is 51.2 Å². The van der Waals surface area contributed by atoms with Crippen LogP contribution >= 0.6 is 0 Å². The maximum absolute atomic E-state index is 13.4. The van der Waals surface area contributed by atoms with Crippen LogP contribution in [0.1, 0.15) is 44.6 Å². The molecule has 0 unspecified atom stereocenters. The number of amides is 1. The average Bonchev–Trinajstić information content (AvgIpc) is 2.76. The number of fused-ring (bicyclic) bond motifs is 1. The maximum atomic E-state index is 13.4. The Kier molecular flexibility index (Phi) is 5.47. The fourth-order valence-electron chi connectivity index (χ4n) is 4.16. The smallest absolute Gasteiger partial charge is 0.220 e. The van der Waals surface area contributed by atoms with Crippen LogP contribution in [0.25, 0.3) is 10.9 Å². The molecular weight excluding hydrogens is 367 g/mol. The highest BCUT2D eigenvalue weighted by Gasteiger charge is 2.38. The van der Waals surface area contributed by atoms with Crippen molar-refractivity contribution in [1.82, 2.24) is 10.3 Å². The predicted octanol–water partition coefficient (Wildman–Crippen LogP) is 5.12. The van der Waals surface area contributed by atoms with Crippen molar-refractivity contribution in [2.75, 3.05) is 0 Å². The summed E-state index contributed by atoms with van der Waals surface area (Å²) in [7, 11) is 0. The van der Waals surface area contributed by atoms with Gasteiger partial charge >= 0.3 is 0 Å². The monoisotopic (exact) mass is 392 g/mol. The van der Waals surface area contributed by atoms with Crippen LogP contribution in [-0.2, 0) is 10.3 Å². The Labute approximate surface area is 170 Å². The molecule has 4 nitrogen and oxygen atoms in total. The molecule has 1 N–H and O–H groups in total. The molecule has 150 valence electrons. The summed E-state index contributed by atoms with van der Waals surface area (Å²) >= 11 is 0. The minimum Gasteiger partial charge on any atom is -0.490 e. The van der Waals surface area contributed by atoms with Crippen LogP contribution in [-0.4, -0.2) is 17.0 Å². The molecule has 0 saturated heterocycles. The number of benzene rings is 2. The van der Waals surface area contributed by atoms with Crippen LogP contribution in [0.2, 0.25) is 0 Å². The van der Waals surface area contributed by atoms with Crippen molar-refractivity contribution in [2.45, 2.75) is 50.7 Å². The van der Waals surface area contributed by atoms with E-state index in [1.807, 2.05) is 37.3 Å². The highest BCUT2D eigenvalue weighted by atomic mass is 19.1. The van der Waals surface area contributed by atoms with Gasteiger partial charge in [-0.15, -0.1) is 0 Å². The number of hydrogen-bond acceptors (Lipinski definition) is 3. The van der Waals surface area contributed by atoms with E-state index >= 15 is 0 Å². The van der Waals surface area contributed by atoms with Gasteiger partial charge in [-0.25, -0.2) is 4.39 Å². The summed E-state index contributed by atoms with van der Waals surface area (Å²) < 4.78 is 19.8. The van der Waals surface area contributed by atoms with Gasteiger partial charge in [-0.1, -0.05) is 31.2 Å². The Morgan fingerprint density at radius 2 is 1.86 bits per heavy atom. The molecule has 1 aromatic heterocycles. The van der Waals surface area contributed by atoms with E-state index < -0.39 is 5.54 Å². The van der Waals surface area contributed by atoms with Gasteiger partial charge in [0.2, 0.25) is 5.91 Å². The Morgan fingerprint density at radius 1 is 1.14 bits per heavy atom. The third-order valence-electron chi connectivity index (χ3n) is 5.79. The lowest BCUT2D eigenvalue weighted by Crippen LogP contribution is -2.49. The van der Waals surface area contributed by atoms with E-state index in [0.29, 0.717) is 6.42 Å². The number of hydrogen-bond donors (Lipinski definition) is 1. The molecule has 0 radical (unpaired) electrons. The van der Waals surface area contributed by atoms with Crippen molar-refractivity contribution < 1.29 is 13.9 Å². The van der Waals surface area contributed by atoms with Crippen molar-refractivity contribution in [1.29, 1.82) is 0 Å². The summed E-state index contributed by atoms with van der Waals surface area (Å²) in [6, 6.07) is 16.3. The first-order valence-electron chi connectivity index (χ1n) is 10.2. The second-order valence-corrected chi connectivity index (χ2v) is 7.63. The zero-order valence-electron chi connectivity index (χ0n) is 16.5. The van der Waals surface area contributed by atoms with E-state index in [1.165, 1.54) is 12.1 Å². The van der Waals surface area contributed by atoms with E-state index in [0.717, 1.165) is 47.9 Å². The molecule has 0 aliphatic heterocycles. The summed E-state index contributed by atoms with van der Waals surface area (Å²) in [5.41, 5.74) is 1.39. The molecule has 1 fully saturated rings. The van der Waals surface area contributed by atoms with Gasteiger partial charge in [0, 0.05) is 18.0 Å². The van der Waals surface area contributed by atoms with Crippen molar-refractivity contribution in [2.24, 2.45) is 0 Å². The molecule has 1 aliphatic carbocycles. The van der Waals surface area contributed by atoms with Gasteiger partial charge in [0.05, 0.1) is 17.2 Å². The molecule has 1 heterocycles. The number of pyridine rings is 1. The molecule has 5 heteroatoms. The predicted molar refractivity (Wildman–Crippen MR) is 111 cm³/mol. The number of para-hydroxylation sites is 1. The molecule has 1 aliphatic rings. The molecule has 29 heavy (non-hydrogen) atoms. The largest absolute Gasteiger partial charge is 0.490 e. The molecule has 0 atom stereocenters. The Balaban J connectivity index is 1.53. The van der Waals surface area contributed by atoms with Crippen molar-refractivity contribution in [3.05, 3.63) is 72.2 Å². The minimum atomic E-state index is -0.471. The summed E-state index contributed by atoms with van der Waals surface area (Å²) in [5.74, 6) is 0.577. The third-order valence-corrected chi connectivity index (χ3v) is 5.79. The molecule has 4 rings (SSSR count). The third kappa shape index (κ3) is 4.09. The van der Waals surface area contributed by atoms with Gasteiger partial charge in [0.15, 0.2) is 0 Å². The van der Waals surface area contributed by atoms with E-state index in [-0.39, 0.29) is 17.8 Å². The van der Waals surface area contributed by atoms with Gasteiger partial charge in [0.25, 0.3) is 0 Å². The van der Waals surface area contributed by atoms with Crippen LogP contribution in [0.4, 0.5) is 4.39 Å². The number of nitrogens with one attached hydrogen (secondary N) is 1. The zero-order valence-corrected chi connectivity index (χ0v) is 16.5. The first-order valence-corrected chi connectivity index (χ1v) is 10.2. The quantitative estimate of drug-likeness (QED) is 0.656. The van der Waals surface area contributed by atoms with E-state index in [9.17, 15) is 9.18 Å². The van der Waals surface area contributed by atoms with Gasteiger partial charge < -0.3 is 10.1 Å². The summed E-state index contributed by atoms with van der Waals surface area (Å²) in [6.07, 6.45) is 5.36. The first kappa shape index (κ1) is 19.4. The van der Waals surface area contributed by atoms with E-state index in [4.69, 9.17) is 4.74 Å².